The molecule has 1 N–H and O–H groups in total. The molecule has 2 heterocycles. The Balaban J connectivity index is 1.65. The minimum absolute atomic E-state index is 0.0589. The van der Waals surface area contributed by atoms with Crippen LogP contribution in [0.5, 0.6) is 0 Å². The second-order valence-corrected chi connectivity index (χ2v) is 8.48. The number of aryl methyl sites for hydroxylation is 1. The first-order valence-electron chi connectivity index (χ1n) is 7.74. The van der Waals surface area contributed by atoms with Crippen LogP contribution < -0.4 is 5.32 Å². The zero-order chi connectivity index (χ0) is 15.7. The maximum absolute atomic E-state index is 12.4. The summed E-state index contributed by atoms with van der Waals surface area (Å²) >= 11 is 0. The quantitative estimate of drug-likeness (QED) is 0.917. The second-order valence-electron chi connectivity index (χ2n) is 6.25. The Labute approximate surface area is 130 Å². The Hall–Kier alpha value is -1.50. The van der Waals surface area contributed by atoms with E-state index in [-0.39, 0.29) is 30.1 Å². The van der Waals surface area contributed by atoms with Crippen molar-refractivity contribution >= 4 is 15.9 Å². The first-order valence-corrected chi connectivity index (χ1v) is 9.56. The topological polar surface area (TPSA) is 79.6 Å². The molecule has 1 aromatic rings. The van der Waals surface area contributed by atoms with Crippen molar-refractivity contribution in [3.05, 3.63) is 23.7 Å². The van der Waals surface area contributed by atoms with Gasteiger partial charge in [-0.2, -0.15) is 0 Å². The lowest BCUT2D eigenvalue weighted by Crippen LogP contribution is -2.57. The van der Waals surface area contributed by atoms with Crippen LogP contribution in [0.15, 0.2) is 16.7 Å². The highest BCUT2D eigenvalue weighted by Crippen LogP contribution is 2.34. The summed E-state index contributed by atoms with van der Waals surface area (Å²) in [5.74, 6) is 1.22. The van der Waals surface area contributed by atoms with Crippen molar-refractivity contribution in [2.24, 2.45) is 5.92 Å². The third-order valence-corrected chi connectivity index (χ3v) is 6.45. The van der Waals surface area contributed by atoms with Crippen molar-refractivity contribution in [2.75, 3.05) is 18.1 Å². The van der Waals surface area contributed by atoms with Crippen LogP contribution in [0.3, 0.4) is 0 Å². The number of hydrogen-bond acceptors (Lipinski definition) is 4. The zero-order valence-electron chi connectivity index (χ0n) is 12.7. The summed E-state index contributed by atoms with van der Waals surface area (Å²) in [6, 6.07) is 1.49. The van der Waals surface area contributed by atoms with Gasteiger partial charge in [-0.15, -0.1) is 0 Å². The summed E-state index contributed by atoms with van der Waals surface area (Å²) in [5, 5.41) is 2.85. The van der Waals surface area contributed by atoms with Crippen molar-refractivity contribution in [2.45, 2.75) is 38.8 Å². The lowest BCUT2D eigenvalue weighted by molar-refractivity contribution is 0.123. The number of sulfone groups is 1. The molecule has 0 bridgehead atoms. The van der Waals surface area contributed by atoms with Gasteiger partial charge in [0.25, 0.3) is 0 Å². The van der Waals surface area contributed by atoms with Gasteiger partial charge in [0.05, 0.1) is 30.4 Å². The average molecular weight is 326 g/mol. The highest BCUT2D eigenvalue weighted by atomic mass is 32.2. The van der Waals surface area contributed by atoms with Gasteiger partial charge in [-0.05, 0) is 37.3 Å². The number of nitrogens with one attached hydrogen (secondary N) is 1. The van der Waals surface area contributed by atoms with Crippen LogP contribution in [0.1, 0.15) is 30.6 Å². The molecule has 3 rings (SSSR count). The average Bonchev–Trinajstić information content (AvgIpc) is 2.79. The summed E-state index contributed by atoms with van der Waals surface area (Å²) in [4.78, 5) is 14.2. The van der Waals surface area contributed by atoms with Crippen molar-refractivity contribution < 1.29 is 17.6 Å². The number of amides is 2. The third-order valence-electron chi connectivity index (χ3n) is 4.79. The van der Waals surface area contributed by atoms with Gasteiger partial charge in [-0.25, -0.2) is 13.2 Å². The van der Waals surface area contributed by atoms with Gasteiger partial charge >= 0.3 is 6.03 Å². The normalized spacial score (nSPS) is 24.8. The van der Waals surface area contributed by atoms with Crippen LogP contribution in [0, 0.1) is 12.8 Å². The van der Waals surface area contributed by atoms with Crippen molar-refractivity contribution in [1.29, 1.82) is 0 Å². The van der Waals surface area contributed by atoms with Gasteiger partial charge < -0.3 is 14.6 Å². The van der Waals surface area contributed by atoms with Crippen molar-refractivity contribution in [1.82, 2.24) is 10.2 Å². The standard InChI is InChI=1S/C15H22N2O4S/c1-11-5-7-21-14(11)9-16-15(18)17-6-8-22(19,20)10-13(17)12-3-2-4-12/h5,7,12-13H,2-4,6,8-10H2,1H3,(H,16,18). The molecule has 22 heavy (non-hydrogen) atoms. The van der Waals surface area contributed by atoms with E-state index in [1.54, 1.807) is 11.2 Å². The number of rotatable bonds is 3. The minimum atomic E-state index is -3.02. The number of carbonyl (C=O) groups is 1. The minimum Gasteiger partial charge on any atom is -0.467 e. The number of furan rings is 1. The van der Waals surface area contributed by atoms with Gasteiger partial charge in [-0.3, -0.25) is 0 Å². The maximum atomic E-state index is 12.4. The molecule has 122 valence electrons. The van der Waals surface area contributed by atoms with Crippen molar-refractivity contribution in [3.63, 3.8) is 0 Å². The SMILES string of the molecule is Cc1ccoc1CNC(=O)N1CCS(=O)(=O)CC1C1CCC1. The number of urea groups is 1. The van der Waals surface area contributed by atoms with Gasteiger partial charge in [0, 0.05) is 6.54 Å². The Morgan fingerprint density at radius 3 is 2.82 bits per heavy atom. The fourth-order valence-electron chi connectivity index (χ4n) is 3.15. The van der Waals surface area contributed by atoms with Gasteiger partial charge in [-0.1, -0.05) is 6.42 Å². The number of hydrogen-bond donors (Lipinski definition) is 1. The molecule has 0 radical (unpaired) electrons. The molecule has 2 amide bonds. The molecule has 1 atom stereocenters. The molecule has 0 aromatic carbocycles. The van der Waals surface area contributed by atoms with E-state index in [2.05, 4.69) is 5.32 Å². The molecule has 6 nitrogen and oxygen atoms in total. The van der Waals surface area contributed by atoms with E-state index >= 15 is 0 Å². The molecule has 1 saturated heterocycles. The summed E-state index contributed by atoms with van der Waals surface area (Å²) in [7, 11) is -3.02. The fourth-order valence-corrected chi connectivity index (χ4v) is 4.76. The van der Waals surface area contributed by atoms with E-state index in [0.717, 1.165) is 30.6 Å². The molecule has 1 aliphatic carbocycles. The Morgan fingerprint density at radius 2 is 2.23 bits per heavy atom. The monoisotopic (exact) mass is 326 g/mol. The van der Waals surface area contributed by atoms with E-state index in [1.807, 2.05) is 13.0 Å². The van der Waals surface area contributed by atoms with Crippen LogP contribution in [0.2, 0.25) is 0 Å². The lowest BCUT2D eigenvalue weighted by atomic mass is 9.79. The molecular formula is C15H22N2O4S. The third kappa shape index (κ3) is 3.14. The van der Waals surface area contributed by atoms with Crippen LogP contribution in [-0.2, 0) is 16.4 Å². The van der Waals surface area contributed by atoms with Gasteiger partial charge in [0.1, 0.15) is 5.76 Å². The molecule has 1 aromatic heterocycles. The van der Waals surface area contributed by atoms with Crippen LogP contribution in [-0.4, -0.2) is 43.4 Å². The highest BCUT2D eigenvalue weighted by molar-refractivity contribution is 7.91. The smallest absolute Gasteiger partial charge is 0.318 e. The van der Waals surface area contributed by atoms with Crippen molar-refractivity contribution in [3.8, 4) is 0 Å². The molecule has 2 fully saturated rings. The van der Waals surface area contributed by atoms with Crippen LogP contribution in [0.25, 0.3) is 0 Å². The summed E-state index contributed by atoms with van der Waals surface area (Å²) in [6.07, 6.45) is 4.76. The van der Waals surface area contributed by atoms with E-state index in [1.165, 1.54) is 0 Å². The highest BCUT2D eigenvalue weighted by Gasteiger charge is 2.40. The second kappa shape index (κ2) is 5.95. The predicted octanol–water partition coefficient (Wildman–Crippen LogP) is 1.70. The predicted molar refractivity (Wildman–Crippen MR) is 82.2 cm³/mol. The summed E-state index contributed by atoms with van der Waals surface area (Å²) < 4.78 is 29.1. The maximum Gasteiger partial charge on any atom is 0.318 e. The molecule has 1 unspecified atom stereocenters. The van der Waals surface area contributed by atoms with Crippen LogP contribution >= 0.6 is 0 Å². The van der Waals surface area contributed by atoms with Crippen LogP contribution in [0.4, 0.5) is 4.79 Å². The Bertz CT molecular complexity index is 648. The van der Waals surface area contributed by atoms with E-state index in [9.17, 15) is 13.2 Å². The van der Waals surface area contributed by atoms with Gasteiger partial charge in [0.15, 0.2) is 9.84 Å². The van der Waals surface area contributed by atoms with E-state index < -0.39 is 9.84 Å². The van der Waals surface area contributed by atoms with E-state index in [0.29, 0.717) is 12.5 Å². The first-order chi connectivity index (χ1) is 10.5. The fraction of sp³-hybridized carbons (Fsp3) is 0.667. The molecule has 0 spiro atoms. The van der Waals surface area contributed by atoms with Gasteiger partial charge in [0.2, 0.25) is 0 Å². The first kappa shape index (κ1) is 15.4. The summed E-state index contributed by atoms with van der Waals surface area (Å²) in [6.45, 7) is 2.54. The Kier molecular flexibility index (Phi) is 4.16. The number of nitrogens with zero attached hydrogens (tertiary/aromatic N) is 1. The molecular weight excluding hydrogens is 304 g/mol. The largest absolute Gasteiger partial charge is 0.467 e. The lowest BCUT2D eigenvalue weighted by Gasteiger charge is -2.43. The zero-order valence-corrected chi connectivity index (χ0v) is 13.6. The molecule has 1 aliphatic heterocycles. The molecule has 1 saturated carbocycles. The van der Waals surface area contributed by atoms with E-state index in [4.69, 9.17) is 4.42 Å². The number of carbonyl (C=O) groups excluding carboxylic acids is 1. The molecule has 7 heteroatoms. The summed E-state index contributed by atoms with van der Waals surface area (Å²) in [5.41, 5.74) is 0.997. The Morgan fingerprint density at radius 1 is 1.45 bits per heavy atom. The molecule has 2 aliphatic rings.